The number of aliphatic imine (C=N–C) groups is 1. The fraction of sp³-hybridized carbons (Fsp3) is 0.667. The van der Waals surface area contributed by atoms with Crippen LogP contribution in [0.2, 0.25) is 5.02 Å². The van der Waals surface area contributed by atoms with Crippen molar-refractivity contribution in [2.75, 3.05) is 39.8 Å². The average Bonchev–Trinajstić information content (AvgIpc) is 3.09. The lowest BCUT2D eigenvalue weighted by molar-refractivity contribution is -0.0453. The minimum Gasteiger partial charge on any atom is -0.373 e. The molecule has 150 valence electrons. The van der Waals surface area contributed by atoms with Gasteiger partial charge in [-0.2, -0.15) is 0 Å². The monoisotopic (exact) mass is 392 g/mol. The van der Waals surface area contributed by atoms with Gasteiger partial charge in [0.2, 0.25) is 0 Å². The van der Waals surface area contributed by atoms with Gasteiger partial charge in [-0.1, -0.05) is 37.6 Å². The average molecular weight is 393 g/mol. The maximum Gasteiger partial charge on any atom is 0.191 e. The lowest BCUT2D eigenvalue weighted by Gasteiger charge is -2.35. The number of fused-ring (bicyclic) bond motifs is 1. The van der Waals surface area contributed by atoms with Crippen molar-refractivity contribution in [3.8, 4) is 0 Å². The van der Waals surface area contributed by atoms with E-state index < -0.39 is 0 Å². The molecular formula is C21H33ClN4O. The Morgan fingerprint density at radius 1 is 1.37 bits per heavy atom. The molecule has 27 heavy (non-hydrogen) atoms. The number of halogens is 1. The Hall–Kier alpha value is -1.30. The van der Waals surface area contributed by atoms with Crippen molar-refractivity contribution in [1.29, 1.82) is 0 Å². The molecule has 2 N–H and O–H groups in total. The van der Waals surface area contributed by atoms with Crippen LogP contribution in [0.1, 0.15) is 32.3 Å². The van der Waals surface area contributed by atoms with Crippen LogP contribution in [0.25, 0.3) is 0 Å². The van der Waals surface area contributed by atoms with Crippen LogP contribution >= 0.6 is 11.6 Å². The summed E-state index contributed by atoms with van der Waals surface area (Å²) >= 11 is 6.11. The molecule has 1 aromatic rings. The highest BCUT2D eigenvalue weighted by molar-refractivity contribution is 6.30. The Bertz CT molecular complexity index is 649. The normalized spacial score (nSPS) is 23.9. The molecule has 0 radical (unpaired) electrons. The number of rotatable bonds is 6. The number of nitrogens with zero attached hydrogens (tertiary/aromatic N) is 2. The Morgan fingerprint density at radius 3 is 3.00 bits per heavy atom. The number of ether oxygens (including phenoxy) is 1. The zero-order valence-electron chi connectivity index (χ0n) is 16.8. The molecule has 0 aliphatic carbocycles. The molecule has 0 bridgehead atoms. The summed E-state index contributed by atoms with van der Waals surface area (Å²) in [6, 6.07) is 8.75. The van der Waals surface area contributed by atoms with Crippen LogP contribution in [0.5, 0.6) is 0 Å². The van der Waals surface area contributed by atoms with Gasteiger partial charge in [0.15, 0.2) is 5.96 Å². The van der Waals surface area contributed by atoms with Gasteiger partial charge in [0.1, 0.15) is 0 Å². The highest BCUT2D eigenvalue weighted by Crippen LogP contribution is 2.23. The molecule has 5 nitrogen and oxygen atoms in total. The number of morpholine rings is 1. The largest absolute Gasteiger partial charge is 0.373 e. The summed E-state index contributed by atoms with van der Waals surface area (Å²) in [4.78, 5) is 6.94. The molecular weight excluding hydrogens is 360 g/mol. The molecule has 2 fully saturated rings. The van der Waals surface area contributed by atoms with Gasteiger partial charge in [-0.15, -0.1) is 0 Å². The van der Waals surface area contributed by atoms with Gasteiger partial charge in [-0.25, -0.2) is 0 Å². The summed E-state index contributed by atoms with van der Waals surface area (Å²) in [5.41, 5.74) is 1.35. The minimum absolute atomic E-state index is 0.0897. The van der Waals surface area contributed by atoms with Gasteiger partial charge in [0, 0.05) is 37.7 Å². The van der Waals surface area contributed by atoms with Gasteiger partial charge in [0.25, 0.3) is 0 Å². The highest BCUT2D eigenvalue weighted by Gasteiger charge is 2.32. The second-order valence-corrected chi connectivity index (χ2v) is 8.96. The number of nitrogens with one attached hydrogen (secondary N) is 2. The third kappa shape index (κ3) is 6.09. The van der Waals surface area contributed by atoms with E-state index in [2.05, 4.69) is 40.4 Å². The molecule has 0 amide bonds. The van der Waals surface area contributed by atoms with Crippen LogP contribution in [-0.4, -0.2) is 62.8 Å². The Morgan fingerprint density at radius 2 is 2.22 bits per heavy atom. The first-order chi connectivity index (χ1) is 12.9. The first kappa shape index (κ1) is 20.4. The number of hydrogen-bond donors (Lipinski definition) is 2. The third-order valence-electron chi connectivity index (χ3n) is 5.49. The van der Waals surface area contributed by atoms with E-state index in [4.69, 9.17) is 16.3 Å². The fourth-order valence-electron chi connectivity index (χ4n) is 4.03. The maximum absolute atomic E-state index is 6.11. The van der Waals surface area contributed by atoms with E-state index in [1.807, 2.05) is 25.2 Å². The van der Waals surface area contributed by atoms with E-state index in [-0.39, 0.29) is 11.5 Å². The van der Waals surface area contributed by atoms with Crippen molar-refractivity contribution >= 4 is 17.6 Å². The summed E-state index contributed by atoms with van der Waals surface area (Å²) in [5.74, 6) is 0.835. The molecule has 2 aliphatic rings. The van der Waals surface area contributed by atoms with E-state index >= 15 is 0 Å². The van der Waals surface area contributed by atoms with Crippen LogP contribution in [0.4, 0.5) is 0 Å². The molecule has 2 atom stereocenters. The predicted molar refractivity (Wildman–Crippen MR) is 113 cm³/mol. The summed E-state index contributed by atoms with van der Waals surface area (Å²) in [5, 5.41) is 7.69. The number of guanidine groups is 1. The lowest BCUT2D eigenvalue weighted by atomic mass is 9.86. The van der Waals surface area contributed by atoms with Gasteiger partial charge in [-0.3, -0.25) is 9.89 Å². The van der Waals surface area contributed by atoms with E-state index in [1.54, 1.807) is 0 Å². The zero-order valence-corrected chi connectivity index (χ0v) is 17.6. The molecule has 2 unspecified atom stereocenters. The van der Waals surface area contributed by atoms with Crippen molar-refractivity contribution in [2.45, 2.75) is 45.3 Å². The van der Waals surface area contributed by atoms with Crippen LogP contribution < -0.4 is 10.6 Å². The molecule has 6 heteroatoms. The van der Waals surface area contributed by atoms with Gasteiger partial charge >= 0.3 is 0 Å². The SMILES string of the molecule is CN=C(NCC1CN2CCCC2CO1)NCC(C)(C)Cc1cccc(Cl)c1. The van der Waals surface area contributed by atoms with Crippen molar-refractivity contribution in [2.24, 2.45) is 10.4 Å². The van der Waals surface area contributed by atoms with Crippen molar-refractivity contribution in [1.82, 2.24) is 15.5 Å². The van der Waals surface area contributed by atoms with Gasteiger partial charge in [-0.05, 0) is 48.9 Å². The van der Waals surface area contributed by atoms with Crippen molar-refractivity contribution in [3.63, 3.8) is 0 Å². The Labute approximate surface area is 168 Å². The molecule has 3 rings (SSSR count). The zero-order chi connectivity index (χ0) is 19.3. The summed E-state index contributed by atoms with van der Waals surface area (Å²) < 4.78 is 6.02. The first-order valence-corrected chi connectivity index (χ1v) is 10.4. The molecule has 2 aliphatic heterocycles. The van der Waals surface area contributed by atoms with Crippen molar-refractivity contribution in [3.05, 3.63) is 34.9 Å². The van der Waals surface area contributed by atoms with E-state index in [0.717, 1.165) is 43.6 Å². The topological polar surface area (TPSA) is 48.9 Å². The summed E-state index contributed by atoms with van der Waals surface area (Å²) in [6.07, 6.45) is 3.78. The standard InChI is InChI=1S/C21H33ClN4O/c1-21(2,11-16-6-4-7-17(22)10-16)15-25-20(23-3)24-12-19-13-26-9-5-8-18(26)14-27-19/h4,6-7,10,18-19H,5,8-9,11-15H2,1-3H3,(H2,23,24,25). The molecule has 2 saturated heterocycles. The molecule has 0 spiro atoms. The van der Waals surface area contributed by atoms with Crippen molar-refractivity contribution < 1.29 is 4.74 Å². The van der Waals surface area contributed by atoms with Crippen LogP contribution in [0, 0.1) is 5.41 Å². The van der Waals surface area contributed by atoms with Gasteiger partial charge < -0.3 is 15.4 Å². The minimum atomic E-state index is 0.0897. The molecule has 0 aromatic heterocycles. The predicted octanol–water partition coefficient (Wildman–Crippen LogP) is 2.94. The maximum atomic E-state index is 6.11. The first-order valence-electron chi connectivity index (χ1n) is 10.00. The second kappa shape index (κ2) is 9.26. The Kier molecular flexibility index (Phi) is 7.01. The molecule has 2 heterocycles. The third-order valence-corrected chi connectivity index (χ3v) is 5.72. The van der Waals surface area contributed by atoms with Gasteiger partial charge in [0.05, 0.1) is 12.7 Å². The van der Waals surface area contributed by atoms with Crippen LogP contribution in [0.3, 0.4) is 0 Å². The lowest BCUT2D eigenvalue weighted by Crippen LogP contribution is -2.52. The quantitative estimate of drug-likeness (QED) is 0.577. The van der Waals surface area contributed by atoms with E-state index in [0.29, 0.717) is 6.04 Å². The molecule has 1 aromatic carbocycles. The van der Waals surface area contributed by atoms with Crippen LogP contribution in [0.15, 0.2) is 29.3 Å². The molecule has 0 saturated carbocycles. The fourth-order valence-corrected chi connectivity index (χ4v) is 4.24. The second-order valence-electron chi connectivity index (χ2n) is 8.52. The number of hydrogen-bond acceptors (Lipinski definition) is 3. The summed E-state index contributed by atoms with van der Waals surface area (Å²) in [7, 11) is 1.82. The smallest absolute Gasteiger partial charge is 0.191 e. The Balaban J connectivity index is 1.43. The summed E-state index contributed by atoms with van der Waals surface area (Å²) in [6.45, 7) is 9.24. The van der Waals surface area contributed by atoms with E-state index in [1.165, 1.54) is 24.9 Å². The number of benzene rings is 1. The highest BCUT2D eigenvalue weighted by atomic mass is 35.5. The van der Waals surface area contributed by atoms with Crippen LogP contribution in [-0.2, 0) is 11.2 Å². The van der Waals surface area contributed by atoms with E-state index in [9.17, 15) is 0 Å².